The maximum Gasteiger partial charge on any atom is 0.327 e. The average molecular weight is 367 g/mol. The Morgan fingerprint density at radius 2 is 1.62 bits per heavy atom. The summed E-state index contributed by atoms with van der Waals surface area (Å²) in [7, 11) is 0. The van der Waals surface area contributed by atoms with Gasteiger partial charge < -0.3 is 5.32 Å². The Hall–Kier alpha value is -1.67. The van der Waals surface area contributed by atoms with Crippen molar-refractivity contribution in [3.63, 3.8) is 0 Å². The van der Waals surface area contributed by atoms with Crippen molar-refractivity contribution in [3.05, 3.63) is 35.4 Å². The molecule has 0 bridgehead atoms. The molecule has 1 aliphatic rings. The van der Waals surface area contributed by atoms with Gasteiger partial charge in [0.1, 0.15) is 0 Å². The van der Waals surface area contributed by atoms with E-state index >= 15 is 0 Å². The van der Waals surface area contributed by atoms with Crippen LogP contribution in [-0.4, -0.2) is 35.3 Å². The molecule has 0 aliphatic carbocycles. The monoisotopic (exact) mass is 367 g/mol. The molecule has 0 radical (unpaired) electrons. The van der Waals surface area contributed by atoms with E-state index in [4.69, 9.17) is 0 Å². The standard InChI is InChI=1S/C16H21N3O3S2/c1-10(2)17-14(21)15(22)19-18-13(20)11-4-6-12(7-5-11)16-23-8-3-9-24-16/h4-7,10,16H,3,8-9H2,1-2H3,(H,17,21)(H,18,20)(H,19,22). The van der Waals surface area contributed by atoms with Crippen LogP contribution in [0.5, 0.6) is 0 Å². The number of rotatable bonds is 3. The number of hydrazine groups is 1. The van der Waals surface area contributed by atoms with E-state index in [9.17, 15) is 14.4 Å². The van der Waals surface area contributed by atoms with E-state index < -0.39 is 17.7 Å². The Morgan fingerprint density at radius 1 is 1.00 bits per heavy atom. The fraction of sp³-hybridized carbons (Fsp3) is 0.438. The number of carbonyl (C=O) groups is 3. The lowest BCUT2D eigenvalue weighted by Crippen LogP contribution is -2.49. The molecule has 3 amide bonds. The lowest BCUT2D eigenvalue weighted by molar-refractivity contribution is -0.139. The molecule has 130 valence electrons. The average Bonchev–Trinajstić information content (AvgIpc) is 2.59. The first-order chi connectivity index (χ1) is 11.5. The van der Waals surface area contributed by atoms with Gasteiger partial charge in [0.25, 0.3) is 5.91 Å². The predicted octanol–water partition coefficient (Wildman–Crippen LogP) is 1.84. The van der Waals surface area contributed by atoms with E-state index in [1.807, 2.05) is 35.7 Å². The lowest BCUT2D eigenvalue weighted by atomic mass is 10.1. The summed E-state index contributed by atoms with van der Waals surface area (Å²) in [5.41, 5.74) is 5.95. The predicted molar refractivity (Wildman–Crippen MR) is 97.6 cm³/mol. The number of thioether (sulfide) groups is 2. The molecule has 0 saturated carbocycles. The van der Waals surface area contributed by atoms with Crippen molar-refractivity contribution in [2.24, 2.45) is 0 Å². The van der Waals surface area contributed by atoms with Crippen LogP contribution in [0.3, 0.4) is 0 Å². The molecule has 1 saturated heterocycles. The van der Waals surface area contributed by atoms with Gasteiger partial charge in [-0.2, -0.15) is 0 Å². The van der Waals surface area contributed by atoms with Gasteiger partial charge >= 0.3 is 11.8 Å². The highest BCUT2D eigenvalue weighted by molar-refractivity contribution is 8.16. The summed E-state index contributed by atoms with van der Waals surface area (Å²) >= 11 is 3.83. The molecular formula is C16H21N3O3S2. The van der Waals surface area contributed by atoms with Crippen LogP contribution in [0.25, 0.3) is 0 Å². The second-order valence-corrected chi connectivity index (χ2v) is 8.31. The van der Waals surface area contributed by atoms with E-state index in [-0.39, 0.29) is 6.04 Å². The van der Waals surface area contributed by atoms with Crippen molar-refractivity contribution in [2.75, 3.05) is 11.5 Å². The molecule has 6 nitrogen and oxygen atoms in total. The highest BCUT2D eigenvalue weighted by Gasteiger charge is 2.18. The van der Waals surface area contributed by atoms with Crippen molar-refractivity contribution >= 4 is 41.2 Å². The van der Waals surface area contributed by atoms with Crippen LogP contribution < -0.4 is 16.2 Å². The van der Waals surface area contributed by atoms with Crippen LogP contribution >= 0.6 is 23.5 Å². The summed E-state index contributed by atoms with van der Waals surface area (Å²) in [6.07, 6.45) is 1.23. The zero-order valence-corrected chi connectivity index (χ0v) is 15.3. The highest BCUT2D eigenvalue weighted by atomic mass is 32.2. The number of nitrogens with one attached hydrogen (secondary N) is 3. The van der Waals surface area contributed by atoms with Gasteiger partial charge in [0, 0.05) is 11.6 Å². The Balaban J connectivity index is 1.86. The summed E-state index contributed by atoms with van der Waals surface area (Å²) in [6.45, 7) is 3.49. The van der Waals surface area contributed by atoms with E-state index in [1.54, 1.807) is 26.0 Å². The molecule has 1 aromatic rings. The van der Waals surface area contributed by atoms with Crippen molar-refractivity contribution in [1.82, 2.24) is 16.2 Å². The van der Waals surface area contributed by atoms with Crippen LogP contribution in [-0.2, 0) is 9.59 Å². The van der Waals surface area contributed by atoms with Gasteiger partial charge in [-0.15, -0.1) is 23.5 Å². The summed E-state index contributed by atoms with van der Waals surface area (Å²) in [5, 5.41) is 2.44. The van der Waals surface area contributed by atoms with E-state index in [1.165, 1.54) is 12.0 Å². The molecule has 8 heteroatoms. The summed E-state index contributed by atoms with van der Waals surface area (Å²) in [5.74, 6) is 0.168. The van der Waals surface area contributed by atoms with Gasteiger partial charge in [-0.05, 0) is 49.5 Å². The smallest absolute Gasteiger partial charge is 0.327 e. The fourth-order valence-electron chi connectivity index (χ4n) is 2.04. The molecule has 1 heterocycles. The third-order valence-electron chi connectivity index (χ3n) is 3.19. The molecule has 24 heavy (non-hydrogen) atoms. The van der Waals surface area contributed by atoms with Crippen molar-refractivity contribution < 1.29 is 14.4 Å². The van der Waals surface area contributed by atoms with Gasteiger partial charge in [-0.1, -0.05) is 12.1 Å². The Kier molecular flexibility index (Phi) is 6.99. The summed E-state index contributed by atoms with van der Waals surface area (Å²) < 4.78 is 0.412. The maximum absolute atomic E-state index is 12.0. The number of benzene rings is 1. The first kappa shape index (κ1) is 18.7. The number of carbonyl (C=O) groups excluding carboxylic acids is 3. The van der Waals surface area contributed by atoms with Gasteiger partial charge in [0.2, 0.25) is 0 Å². The maximum atomic E-state index is 12.0. The number of amides is 3. The van der Waals surface area contributed by atoms with Gasteiger partial charge in [0.15, 0.2) is 0 Å². The zero-order chi connectivity index (χ0) is 17.5. The molecule has 1 fully saturated rings. The van der Waals surface area contributed by atoms with Gasteiger partial charge in [0.05, 0.1) is 4.58 Å². The SMILES string of the molecule is CC(C)NC(=O)C(=O)NNC(=O)c1ccc(C2SCCCS2)cc1. The zero-order valence-electron chi connectivity index (χ0n) is 13.6. The summed E-state index contributed by atoms with van der Waals surface area (Å²) in [6, 6.07) is 7.15. The Morgan fingerprint density at radius 3 is 2.21 bits per heavy atom. The van der Waals surface area contributed by atoms with Crippen LogP contribution in [0, 0.1) is 0 Å². The molecule has 0 unspecified atom stereocenters. The third kappa shape index (κ3) is 5.45. The second-order valence-electron chi connectivity index (χ2n) is 5.59. The normalized spacial score (nSPS) is 15.0. The van der Waals surface area contributed by atoms with E-state index in [2.05, 4.69) is 16.2 Å². The largest absolute Gasteiger partial charge is 0.346 e. The van der Waals surface area contributed by atoms with Crippen LogP contribution in [0.15, 0.2) is 24.3 Å². The molecule has 0 aromatic heterocycles. The fourth-order valence-corrected chi connectivity index (χ4v) is 4.94. The first-order valence-corrected chi connectivity index (χ1v) is 9.81. The quantitative estimate of drug-likeness (QED) is 0.560. The Bertz CT molecular complexity index is 599. The highest BCUT2D eigenvalue weighted by Crippen LogP contribution is 2.43. The molecule has 0 spiro atoms. The van der Waals surface area contributed by atoms with E-state index in [0.717, 1.165) is 11.5 Å². The molecular weight excluding hydrogens is 346 g/mol. The van der Waals surface area contributed by atoms with Gasteiger partial charge in [-0.3, -0.25) is 25.2 Å². The van der Waals surface area contributed by atoms with Crippen molar-refractivity contribution in [2.45, 2.75) is 30.9 Å². The molecule has 0 atom stereocenters. The van der Waals surface area contributed by atoms with Crippen LogP contribution in [0.2, 0.25) is 0 Å². The summed E-state index contributed by atoms with van der Waals surface area (Å²) in [4.78, 5) is 35.0. The third-order valence-corrected chi connectivity index (χ3v) is 6.20. The minimum atomic E-state index is -0.899. The van der Waals surface area contributed by atoms with Crippen molar-refractivity contribution in [1.29, 1.82) is 0 Å². The topological polar surface area (TPSA) is 87.3 Å². The van der Waals surface area contributed by atoms with Crippen LogP contribution in [0.4, 0.5) is 0 Å². The second kappa shape index (κ2) is 8.98. The molecule has 3 N–H and O–H groups in total. The van der Waals surface area contributed by atoms with Crippen LogP contribution in [0.1, 0.15) is 40.8 Å². The molecule has 1 aliphatic heterocycles. The number of hydrogen-bond acceptors (Lipinski definition) is 5. The Labute approximate surface area is 149 Å². The minimum absolute atomic E-state index is 0.151. The molecule has 2 rings (SSSR count). The van der Waals surface area contributed by atoms with Crippen molar-refractivity contribution in [3.8, 4) is 0 Å². The minimum Gasteiger partial charge on any atom is -0.346 e. The van der Waals surface area contributed by atoms with E-state index in [0.29, 0.717) is 10.1 Å². The lowest BCUT2D eigenvalue weighted by Gasteiger charge is -2.21. The van der Waals surface area contributed by atoms with Gasteiger partial charge in [-0.25, -0.2) is 0 Å². The first-order valence-electron chi connectivity index (χ1n) is 7.71. The molecule has 1 aromatic carbocycles. The number of hydrogen-bond donors (Lipinski definition) is 3.